The molecule has 1 N–H and O–H groups in total. The van der Waals surface area contributed by atoms with Crippen LogP contribution in [0.2, 0.25) is 0 Å². The largest absolute Gasteiger partial charge is 0.487 e. The van der Waals surface area contributed by atoms with Gasteiger partial charge in [0.25, 0.3) is 0 Å². The predicted molar refractivity (Wildman–Crippen MR) is 89.5 cm³/mol. The van der Waals surface area contributed by atoms with Crippen molar-refractivity contribution in [1.82, 2.24) is 10.3 Å². The van der Waals surface area contributed by atoms with Crippen molar-refractivity contribution < 1.29 is 4.74 Å². The van der Waals surface area contributed by atoms with Crippen LogP contribution in [0.5, 0.6) is 5.75 Å². The highest BCUT2D eigenvalue weighted by Gasteiger charge is 2.11. The number of pyridine rings is 1. The Hall–Kier alpha value is -1.39. The van der Waals surface area contributed by atoms with E-state index in [1.54, 1.807) is 6.20 Å². The van der Waals surface area contributed by atoms with Gasteiger partial charge in [-0.3, -0.25) is 4.98 Å². The third-order valence-corrected chi connectivity index (χ3v) is 3.78. The van der Waals surface area contributed by atoms with Crippen molar-refractivity contribution in [3.63, 3.8) is 0 Å². The van der Waals surface area contributed by atoms with E-state index in [4.69, 9.17) is 4.74 Å². The van der Waals surface area contributed by atoms with Crippen molar-refractivity contribution in [2.24, 2.45) is 0 Å². The minimum Gasteiger partial charge on any atom is -0.487 e. The van der Waals surface area contributed by atoms with Crippen LogP contribution in [0, 0.1) is 6.92 Å². The van der Waals surface area contributed by atoms with Crippen LogP contribution in [0.3, 0.4) is 0 Å². The molecule has 1 unspecified atom stereocenters. The Morgan fingerprint density at radius 1 is 1.29 bits per heavy atom. The second-order valence-corrected chi connectivity index (χ2v) is 5.99. The molecule has 0 bridgehead atoms. The van der Waals surface area contributed by atoms with E-state index in [-0.39, 0.29) is 6.04 Å². The number of nitrogens with one attached hydrogen (secondary N) is 1. The molecule has 0 saturated heterocycles. The minimum absolute atomic E-state index is 0.267. The van der Waals surface area contributed by atoms with E-state index in [0.717, 1.165) is 22.5 Å². The lowest BCUT2D eigenvalue weighted by atomic mass is 10.0. The number of rotatable bonds is 6. The quantitative estimate of drug-likeness (QED) is 0.839. The summed E-state index contributed by atoms with van der Waals surface area (Å²) in [4.78, 5) is 4.34. The van der Waals surface area contributed by atoms with Gasteiger partial charge in [0, 0.05) is 22.3 Å². The molecule has 4 heteroatoms. The molecule has 112 valence electrons. The van der Waals surface area contributed by atoms with Gasteiger partial charge in [0.1, 0.15) is 12.4 Å². The lowest BCUT2D eigenvalue weighted by molar-refractivity contribution is 0.295. The van der Waals surface area contributed by atoms with Crippen LogP contribution < -0.4 is 10.1 Å². The number of hydrogen-bond donors (Lipinski definition) is 1. The van der Waals surface area contributed by atoms with Crippen LogP contribution in [0.15, 0.2) is 41.0 Å². The molecule has 2 rings (SSSR count). The number of halogens is 1. The van der Waals surface area contributed by atoms with E-state index in [1.807, 2.05) is 12.1 Å². The number of ether oxygens (including phenoxy) is 1. The molecule has 0 radical (unpaired) electrons. The van der Waals surface area contributed by atoms with Gasteiger partial charge in [0.15, 0.2) is 0 Å². The maximum absolute atomic E-state index is 5.99. The van der Waals surface area contributed by atoms with Crippen LogP contribution in [-0.2, 0) is 6.61 Å². The van der Waals surface area contributed by atoms with Crippen molar-refractivity contribution in [2.75, 3.05) is 6.54 Å². The average Bonchev–Trinajstić information content (AvgIpc) is 2.47. The molecule has 0 spiro atoms. The average molecular weight is 349 g/mol. The summed E-state index contributed by atoms with van der Waals surface area (Å²) in [5.41, 5.74) is 3.29. The molecular formula is C17H21BrN2O. The molecule has 1 aromatic carbocycles. The van der Waals surface area contributed by atoms with Gasteiger partial charge in [-0.15, -0.1) is 0 Å². The van der Waals surface area contributed by atoms with E-state index in [9.17, 15) is 0 Å². The number of aryl methyl sites for hydroxylation is 1. The molecule has 0 saturated carbocycles. The fraction of sp³-hybridized carbons (Fsp3) is 0.353. The molecule has 0 amide bonds. The Balaban J connectivity index is 2.14. The Bertz CT molecular complexity index is 584. The smallest absolute Gasteiger partial charge is 0.130 e. The molecule has 21 heavy (non-hydrogen) atoms. The Labute approximate surface area is 134 Å². The minimum atomic E-state index is 0.267. The molecule has 0 aliphatic heterocycles. The van der Waals surface area contributed by atoms with E-state index < -0.39 is 0 Å². The summed E-state index contributed by atoms with van der Waals surface area (Å²) in [7, 11) is 0. The van der Waals surface area contributed by atoms with Gasteiger partial charge in [-0.05, 0) is 60.1 Å². The van der Waals surface area contributed by atoms with Crippen molar-refractivity contribution in [3.8, 4) is 5.75 Å². The summed E-state index contributed by atoms with van der Waals surface area (Å²) < 4.78 is 6.97. The monoisotopic (exact) mass is 348 g/mol. The Morgan fingerprint density at radius 2 is 2.10 bits per heavy atom. The summed E-state index contributed by atoms with van der Waals surface area (Å²) in [5, 5.41) is 3.43. The molecule has 0 fully saturated rings. The van der Waals surface area contributed by atoms with Crippen molar-refractivity contribution >= 4 is 15.9 Å². The third kappa shape index (κ3) is 4.55. The summed E-state index contributed by atoms with van der Waals surface area (Å²) in [6.45, 7) is 7.74. The van der Waals surface area contributed by atoms with Gasteiger partial charge in [0.2, 0.25) is 0 Å². The second-order valence-electron chi connectivity index (χ2n) is 5.08. The molecule has 0 aliphatic rings. The number of hydrogen-bond acceptors (Lipinski definition) is 3. The highest BCUT2D eigenvalue weighted by molar-refractivity contribution is 9.10. The highest BCUT2D eigenvalue weighted by Crippen LogP contribution is 2.27. The van der Waals surface area contributed by atoms with E-state index in [0.29, 0.717) is 6.61 Å². The third-order valence-electron chi connectivity index (χ3n) is 3.31. The van der Waals surface area contributed by atoms with Crippen LogP contribution in [0.4, 0.5) is 0 Å². The molecular weight excluding hydrogens is 328 g/mol. The van der Waals surface area contributed by atoms with Crippen molar-refractivity contribution in [1.29, 1.82) is 0 Å². The second kappa shape index (κ2) is 7.57. The summed E-state index contributed by atoms with van der Waals surface area (Å²) in [6.07, 6.45) is 1.79. The lowest BCUT2D eigenvalue weighted by Crippen LogP contribution is -2.18. The maximum atomic E-state index is 5.99. The molecule has 1 atom stereocenters. The van der Waals surface area contributed by atoms with Gasteiger partial charge < -0.3 is 10.1 Å². The first kappa shape index (κ1) is 16.0. The molecule has 1 aromatic heterocycles. The zero-order chi connectivity index (χ0) is 15.2. The molecule has 2 aromatic rings. The summed E-state index contributed by atoms with van der Waals surface area (Å²) >= 11 is 3.39. The first-order chi connectivity index (χ1) is 10.1. The maximum Gasteiger partial charge on any atom is 0.130 e. The topological polar surface area (TPSA) is 34.1 Å². The molecule has 3 nitrogen and oxygen atoms in total. The zero-order valence-electron chi connectivity index (χ0n) is 12.7. The van der Waals surface area contributed by atoms with Gasteiger partial charge >= 0.3 is 0 Å². The number of nitrogens with zero attached hydrogens (tertiary/aromatic N) is 1. The molecule has 1 heterocycles. The fourth-order valence-electron chi connectivity index (χ4n) is 2.18. The lowest BCUT2D eigenvalue weighted by Gasteiger charge is -2.18. The SMILES string of the molecule is CCNC(C)c1ccc(C)cc1OCc1ccc(Br)cn1. The summed E-state index contributed by atoms with van der Waals surface area (Å²) in [5.74, 6) is 0.924. The first-order valence-electron chi connectivity index (χ1n) is 7.17. The van der Waals surface area contributed by atoms with E-state index in [1.165, 1.54) is 11.1 Å². The normalized spacial score (nSPS) is 12.2. The van der Waals surface area contributed by atoms with Crippen molar-refractivity contribution in [2.45, 2.75) is 33.4 Å². The van der Waals surface area contributed by atoms with Crippen LogP contribution in [0.25, 0.3) is 0 Å². The van der Waals surface area contributed by atoms with Crippen LogP contribution >= 0.6 is 15.9 Å². The molecule has 0 aliphatic carbocycles. The van der Waals surface area contributed by atoms with Gasteiger partial charge in [-0.25, -0.2) is 0 Å². The van der Waals surface area contributed by atoms with Crippen molar-refractivity contribution in [3.05, 3.63) is 57.8 Å². The van der Waals surface area contributed by atoms with Gasteiger partial charge in [0.05, 0.1) is 5.69 Å². The van der Waals surface area contributed by atoms with E-state index in [2.05, 4.69) is 65.2 Å². The number of benzene rings is 1. The van der Waals surface area contributed by atoms with Gasteiger partial charge in [-0.2, -0.15) is 0 Å². The number of aromatic nitrogens is 1. The van der Waals surface area contributed by atoms with Crippen LogP contribution in [-0.4, -0.2) is 11.5 Å². The Kier molecular flexibility index (Phi) is 5.76. The fourth-order valence-corrected chi connectivity index (χ4v) is 2.42. The zero-order valence-corrected chi connectivity index (χ0v) is 14.3. The van der Waals surface area contributed by atoms with Crippen LogP contribution in [0.1, 0.15) is 36.7 Å². The highest BCUT2D eigenvalue weighted by atomic mass is 79.9. The predicted octanol–water partition coefficient (Wildman–Crippen LogP) is 4.40. The summed E-state index contributed by atoms with van der Waals surface area (Å²) in [6, 6.07) is 10.5. The van der Waals surface area contributed by atoms with E-state index >= 15 is 0 Å². The van der Waals surface area contributed by atoms with Gasteiger partial charge in [-0.1, -0.05) is 19.1 Å². The Morgan fingerprint density at radius 3 is 2.76 bits per heavy atom. The standard InChI is InChI=1S/C17H21BrN2O/c1-4-19-13(3)16-8-5-12(2)9-17(16)21-11-15-7-6-14(18)10-20-15/h5-10,13,19H,4,11H2,1-3H3. The first-order valence-corrected chi connectivity index (χ1v) is 7.96.